The van der Waals surface area contributed by atoms with Crippen molar-refractivity contribution in [2.45, 2.75) is 56.2 Å². The van der Waals surface area contributed by atoms with Crippen LogP contribution in [0, 0.1) is 5.92 Å². The number of rotatable bonds is 3. The Hall–Kier alpha value is -0.500. The van der Waals surface area contributed by atoms with Gasteiger partial charge in [-0.1, -0.05) is 47.3 Å². The average Bonchev–Trinajstić information content (AvgIpc) is 2.79. The van der Waals surface area contributed by atoms with Crippen LogP contribution in [0.3, 0.4) is 0 Å². The molecular formula is C17H23BrO. The average molecular weight is 323 g/mol. The SMILES string of the molecule is BrC1CCCCCC1CCc1ccc2c(c1)CCO2. The number of hydrogen-bond donors (Lipinski definition) is 0. The number of ether oxygens (including phenoxy) is 1. The summed E-state index contributed by atoms with van der Waals surface area (Å²) in [5.41, 5.74) is 2.90. The van der Waals surface area contributed by atoms with Gasteiger partial charge in [0.1, 0.15) is 5.75 Å². The molecule has 0 spiro atoms. The zero-order valence-electron chi connectivity index (χ0n) is 11.5. The Balaban J connectivity index is 1.59. The summed E-state index contributed by atoms with van der Waals surface area (Å²) >= 11 is 3.91. The van der Waals surface area contributed by atoms with E-state index in [-0.39, 0.29) is 0 Å². The van der Waals surface area contributed by atoms with Gasteiger partial charge in [-0.3, -0.25) is 0 Å². The lowest BCUT2D eigenvalue weighted by Gasteiger charge is -2.19. The van der Waals surface area contributed by atoms with E-state index in [1.165, 1.54) is 56.1 Å². The van der Waals surface area contributed by atoms with Crippen molar-refractivity contribution in [1.82, 2.24) is 0 Å². The van der Waals surface area contributed by atoms with Crippen molar-refractivity contribution in [2.75, 3.05) is 6.61 Å². The summed E-state index contributed by atoms with van der Waals surface area (Å²) < 4.78 is 5.57. The Kier molecular flexibility index (Phi) is 4.47. The van der Waals surface area contributed by atoms with Crippen molar-refractivity contribution >= 4 is 15.9 Å². The molecule has 104 valence electrons. The topological polar surface area (TPSA) is 9.23 Å². The van der Waals surface area contributed by atoms with E-state index in [0.717, 1.165) is 29.5 Å². The van der Waals surface area contributed by atoms with Crippen LogP contribution < -0.4 is 4.74 Å². The summed E-state index contributed by atoms with van der Waals surface area (Å²) in [6, 6.07) is 6.78. The lowest BCUT2D eigenvalue weighted by atomic mass is 9.92. The Morgan fingerprint density at radius 1 is 1.16 bits per heavy atom. The van der Waals surface area contributed by atoms with Gasteiger partial charge in [-0.15, -0.1) is 0 Å². The molecule has 2 unspecified atom stereocenters. The van der Waals surface area contributed by atoms with Gasteiger partial charge in [-0.2, -0.15) is 0 Å². The molecule has 1 aromatic carbocycles. The van der Waals surface area contributed by atoms with Crippen molar-refractivity contribution in [3.8, 4) is 5.75 Å². The predicted octanol–water partition coefficient (Wildman–Crippen LogP) is 4.90. The third-order valence-corrected chi connectivity index (χ3v) is 5.83. The van der Waals surface area contributed by atoms with Crippen LogP contribution in [0.2, 0.25) is 0 Å². The van der Waals surface area contributed by atoms with Crippen LogP contribution in [0.25, 0.3) is 0 Å². The standard InChI is InChI=1S/C17H23BrO/c18-16-5-3-1-2-4-14(16)8-6-13-7-9-17-15(12-13)10-11-19-17/h7,9,12,14,16H,1-6,8,10-11H2. The molecule has 1 aliphatic carbocycles. The van der Waals surface area contributed by atoms with Gasteiger partial charge in [0, 0.05) is 11.2 Å². The zero-order valence-corrected chi connectivity index (χ0v) is 13.1. The predicted molar refractivity (Wildman–Crippen MR) is 83.3 cm³/mol. The van der Waals surface area contributed by atoms with E-state index in [4.69, 9.17) is 4.74 Å². The lowest BCUT2D eigenvalue weighted by molar-refractivity contribution is 0.357. The summed E-state index contributed by atoms with van der Waals surface area (Å²) in [6.07, 6.45) is 10.7. The fourth-order valence-electron chi connectivity index (χ4n) is 3.41. The quantitative estimate of drug-likeness (QED) is 0.568. The maximum absolute atomic E-state index is 5.57. The maximum Gasteiger partial charge on any atom is 0.122 e. The van der Waals surface area contributed by atoms with Crippen molar-refractivity contribution in [2.24, 2.45) is 5.92 Å². The van der Waals surface area contributed by atoms with E-state index in [2.05, 4.69) is 34.1 Å². The second-order valence-corrected chi connectivity index (χ2v) is 7.17. The Morgan fingerprint density at radius 2 is 2.05 bits per heavy atom. The lowest BCUT2D eigenvalue weighted by Crippen LogP contribution is -2.13. The van der Waals surface area contributed by atoms with Gasteiger partial charge in [-0.25, -0.2) is 0 Å². The molecule has 2 heteroatoms. The molecule has 0 radical (unpaired) electrons. The number of halogens is 1. The van der Waals surface area contributed by atoms with E-state index >= 15 is 0 Å². The van der Waals surface area contributed by atoms with Gasteiger partial charge < -0.3 is 4.74 Å². The molecule has 0 bridgehead atoms. The molecule has 1 aliphatic heterocycles. The number of fused-ring (bicyclic) bond motifs is 1. The van der Waals surface area contributed by atoms with Crippen molar-refractivity contribution in [3.63, 3.8) is 0 Å². The van der Waals surface area contributed by atoms with E-state index in [0.29, 0.717) is 0 Å². The van der Waals surface area contributed by atoms with Crippen LogP contribution in [-0.2, 0) is 12.8 Å². The second kappa shape index (κ2) is 6.30. The fourth-order valence-corrected chi connectivity index (χ4v) is 4.26. The van der Waals surface area contributed by atoms with Gasteiger partial charge in [0.25, 0.3) is 0 Å². The first-order valence-corrected chi connectivity index (χ1v) is 8.63. The molecule has 0 N–H and O–H groups in total. The summed E-state index contributed by atoms with van der Waals surface area (Å²) in [4.78, 5) is 0.743. The molecule has 2 atom stereocenters. The first-order chi connectivity index (χ1) is 9.33. The number of aryl methyl sites for hydroxylation is 1. The van der Waals surface area contributed by atoms with Crippen molar-refractivity contribution in [3.05, 3.63) is 29.3 Å². The molecule has 0 aromatic heterocycles. The molecule has 0 amide bonds. The highest BCUT2D eigenvalue weighted by Gasteiger charge is 2.21. The Morgan fingerprint density at radius 3 is 3.00 bits per heavy atom. The summed E-state index contributed by atoms with van der Waals surface area (Å²) in [5, 5.41) is 0. The highest BCUT2D eigenvalue weighted by Crippen LogP contribution is 2.33. The molecule has 1 aromatic rings. The molecule has 1 fully saturated rings. The van der Waals surface area contributed by atoms with Crippen LogP contribution >= 0.6 is 15.9 Å². The molecule has 1 saturated carbocycles. The molecule has 2 aliphatic rings. The highest BCUT2D eigenvalue weighted by atomic mass is 79.9. The number of alkyl halides is 1. The van der Waals surface area contributed by atoms with Crippen LogP contribution in [0.15, 0.2) is 18.2 Å². The molecular weight excluding hydrogens is 300 g/mol. The van der Waals surface area contributed by atoms with Crippen LogP contribution in [0.1, 0.15) is 49.7 Å². The number of benzene rings is 1. The molecule has 1 heterocycles. The van der Waals surface area contributed by atoms with Crippen molar-refractivity contribution in [1.29, 1.82) is 0 Å². The summed E-state index contributed by atoms with van der Waals surface area (Å²) in [6.45, 7) is 0.866. The largest absolute Gasteiger partial charge is 0.493 e. The van der Waals surface area contributed by atoms with Crippen LogP contribution in [0.5, 0.6) is 5.75 Å². The minimum absolute atomic E-state index is 0.743. The normalized spacial score (nSPS) is 26.6. The highest BCUT2D eigenvalue weighted by molar-refractivity contribution is 9.09. The summed E-state index contributed by atoms with van der Waals surface area (Å²) in [7, 11) is 0. The van der Waals surface area contributed by atoms with Crippen molar-refractivity contribution < 1.29 is 4.74 Å². The molecule has 0 saturated heterocycles. The first kappa shape index (κ1) is 13.5. The number of hydrogen-bond acceptors (Lipinski definition) is 1. The van der Waals surface area contributed by atoms with E-state index < -0.39 is 0 Å². The Labute approximate surface area is 124 Å². The summed E-state index contributed by atoms with van der Waals surface area (Å²) in [5.74, 6) is 1.98. The van der Waals surface area contributed by atoms with Gasteiger partial charge in [0.05, 0.1) is 6.61 Å². The third-order valence-electron chi connectivity index (χ3n) is 4.62. The van der Waals surface area contributed by atoms with Gasteiger partial charge >= 0.3 is 0 Å². The minimum Gasteiger partial charge on any atom is -0.493 e. The Bertz CT molecular complexity index is 429. The van der Waals surface area contributed by atoms with E-state index in [1.807, 2.05) is 0 Å². The van der Waals surface area contributed by atoms with E-state index in [1.54, 1.807) is 0 Å². The van der Waals surface area contributed by atoms with Gasteiger partial charge in [0.2, 0.25) is 0 Å². The van der Waals surface area contributed by atoms with Crippen LogP contribution in [0.4, 0.5) is 0 Å². The molecule has 1 nitrogen and oxygen atoms in total. The minimum atomic E-state index is 0.743. The monoisotopic (exact) mass is 322 g/mol. The van der Waals surface area contributed by atoms with Gasteiger partial charge in [0.15, 0.2) is 0 Å². The second-order valence-electron chi connectivity index (χ2n) is 5.99. The van der Waals surface area contributed by atoms with E-state index in [9.17, 15) is 0 Å². The molecule has 19 heavy (non-hydrogen) atoms. The van der Waals surface area contributed by atoms with Gasteiger partial charge in [-0.05, 0) is 48.8 Å². The smallest absolute Gasteiger partial charge is 0.122 e. The molecule has 3 rings (SSSR count). The maximum atomic E-state index is 5.57. The third kappa shape index (κ3) is 3.34. The fraction of sp³-hybridized carbons (Fsp3) is 0.647. The van der Waals surface area contributed by atoms with Crippen LogP contribution in [-0.4, -0.2) is 11.4 Å². The zero-order chi connectivity index (χ0) is 13.1. The first-order valence-electron chi connectivity index (χ1n) is 7.71.